The lowest BCUT2D eigenvalue weighted by atomic mass is 10.0. The molecule has 0 spiro atoms. The summed E-state index contributed by atoms with van der Waals surface area (Å²) in [6.45, 7) is 9.11. The van der Waals surface area contributed by atoms with Crippen molar-refractivity contribution in [1.29, 1.82) is 0 Å². The molecule has 1 aliphatic heterocycles. The predicted molar refractivity (Wildman–Crippen MR) is 80.8 cm³/mol. The maximum atomic E-state index is 3.58. The zero-order valence-electron chi connectivity index (χ0n) is 11.5. The molecule has 2 nitrogen and oxygen atoms in total. The number of benzene rings is 1. The Morgan fingerprint density at radius 2 is 2.28 bits per heavy atom. The zero-order valence-corrected chi connectivity index (χ0v) is 13.1. The van der Waals surface area contributed by atoms with Crippen molar-refractivity contribution in [3.63, 3.8) is 0 Å². The standard InChI is InChI=1S/C15H23BrN2/c1-4-15-9-17-11(2)10-18(15)12(3)13-6-5-7-14(16)8-13/h5-8,11-12,15,17H,4,9-10H2,1-3H3. The third-order valence-electron chi connectivity index (χ3n) is 3.96. The van der Waals surface area contributed by atoms with Crippen LogP contribution in [-0.4, -0.2) is 30.1 Å². The first-order valence-electron chi connectivity index (χ1n) is 6.86. The molecule has 1 fully saturated rings. The van der Waals surface area contributed by atoms with E-state index in [9.17, 15) is 0 Å². The van der Waals surface area contributed by atoms with Crippen molar-refractivity contribution >= 4 is 15.9 Å². The monoisotopic (exact) mass is 310 g/mol. The molecule has 18 heavy (non-hydrogen) atoms. The van der Waals surface area contributed by atoms with Gasteiger partial charge < -0.3 is 5.32 Å². The van der Waals surface area contributed by atoms with E-state index in [1.165, 1.54) is 16.5 Å². The molecule has 1 N–H and O–H groups in total. The average Bonchev–Trinajstić information content (AvgIpc) is 2.38. The Hall–Kier alpha value is -0.380. The molecule has 1 aliphatic rings. The Balaban J connectivity index is 2.17. The van der Waals surface area contributed by atoms with E-state index in [4.69, 9.17) is 0 Å². The van der Waals surface area contributed by atoms with Crippen molar-refractivity contribution in [3.8, 4) is 0 Å². The number of halogens is 1. The highest BCUT2D eigenvalue weighted by atomic mass is 79.9. The molecule has 0 saturated carbocycles. The summed E-state index contributed by atoms with van der Waals surface area (Å²) in [5.41, 5.74) is 1.40. The normalized spacial score (nSPS) is 27.1. The van der Waals surface area contributed by atoms with Crippen LogP contribution in [0.3, 0.4) is 0 Å². The van der Waals surface area contributed by atoms with Crippen molar-refractivity contribution in [3.05, 3.63) is 34.3 Å². The van der Waals surface area contributed by atoms with E-state index >= 15 is 0 Å². The first-order valence-corrected chi connectivity index (χ1v) is 7.65. The van der Waals surface area contributed by atoms with E-state index in [0.29, 0.717) is 18.1 Å². The molecule has 3 heteroatoms. The average molecular weight is 311 g/mol. The predicted octanol–water partition coefficient (Wildman–Crippen LogP) is 3.58. The summed E-state index contributed by atoms with van der Waals surface area (Å²) in [4.78, 5) is 2.64. The van der Waals surface area contributed by atoms with Gasteiger partial charge in [-0.3, -0.25) is 4.90 Å². The summed E-state index contributed by atoms with van der Waals surface area (Å²) < 4.78 is 1.17. The Labute approximate surface area is 119 Å². The van der Waals surface area contributed by atoms with E-state index in [1.54, 1.807) is 0 Å². The highest BCUT2D eigenvalue weighted by molar-refractivity contribution is 9.10. The summed E-state index contributed by atoms with van der Waals surface area (Å²) in [5.74, 6) is 0. The lowest BCUT2D eigenvalue weighted by molar-refractivity contribution is 0.0904. The second kappa shape index (κ2) is 6.18. The van der Waals surface area contributed by atoms with Gasteiger partial charge in [0.25, 0.3) is 0 Å². The van der Waals surface area contributed by atoms with Crippen LogP contribution in [0.5, 0.6) is 0 Å². The van der Waals surface area contributed by atoms with Gasteiger partial charge in [0.05, 0.1) is 0 Å². The summed E-state index contributed by atoms with van der Waals surface area (Å²) in [6.07, 6.45) is 1.21. The van der Waals surface area contributed by atoms with Gasteiger partial charge in [0, 0.05) is 35.7 Å². The lowest BCUT2D eigenvalue weighted by Crippen LogP contribution is -2.55. The third-order valence-corrected chi connectivity index (χ3v) is 4.45. The van der Waals surface area contributed by atoms with E-state index in [2.05, 4.69) is 71.2 Å². The second-order valence-corrected chi connectivity index (χ2v) is 6.21. The number of piperazine rings is 1. The molecule has 0 radical (unpaired) electrons. The molecular weight excluding hydrogens is 288 g/mol. The molecule has 1 aromatic rings. The first kappa shape index (κ1) is 14.0. The molecule has 100 valence electrons. The smallest absolute Gasteiger partial charge is 0.0324 e. The molecular formula is C15H23BrN2. The summed E-state index contributed by atoms with van der Waals surface area (Å²) >= 11 is 3.57. The van der Waals surface area contributed by atoms with Crippen LogP contribution < -0.4 is 5.32 Å². The molecule has 3 atom stereocenters. The van der Waals surface area contributed by atoms with Crippen molar-refractivity contribution in [2.75, 3.05) is 13.1 Å². The maximum Gasteiger partial charge on any atom is 0.0324 e. The van der Waals surface area contributed by atoms with Gasteiger partial charge in [0.1, 0.15) is 0 Å². The molecule has 0 aliphatic carbocycles. The molecule has 0 aromatic heterocycles. The number of hydrogen-bond donors (Lipinski definition) is 1. The lowest BCUT2D eigenvalue weighted by Gasteiger charge is -2.42. The molecule has 2 rings (SSSR count). The maximum absolute atomic E-state index is 3.58. The fraction of sp³-hybridized carbons (Fsp3) is 0.600. The summed E-state index contributed by atoms with van der Waals surface area (Å²) in [7, 11) is 0. The topological polar surface area (TPSA) is 15.3 Å². The number of nitrogens with zero attached hydrogens (tertiary/aromatic N) is 1. The number of hydrogen-bond acceptors (Lipinski definition) is 2. The fourth-order valence-corrected chi connectivity index (χ4v) is 3.21. The van der Waals surface area contributed by atoms with Gasteiger partial charge in [0.2, 0.25) is 0 Å². The minimum atomic E-state index is 0.483. The van der Waals surface area contributed by atoms with E-state index in [0.717, 1.165) is 13.1 Å². The Bertz CT molecular complexity index is 394. The molecule has 1 heterocycles. The van der Waals surface area contributed by atoms with Gasteiger partial charge >= 0.3 is 0 Å². The first-order chi connectivity index (χ1) is 8.61. The second-order valence-electron chi connectivity index (χ2n) is 5.30. The summed E-state index contributed by atoms with van der Waals surface area (Å²) in [5, 5.41) is 3.58. The molecule has 1 saturated heterocycles. The van der Waals surface area contributed by atoms with Crippen molar-refractivity contribution in [2.45, 2.75) is 45.3 Å². The van der Waals surface area contributed by atoms with Crippen LogP contribution in [-0.2, 0) is 0 Å². The van der Waals surface area contributed by atoms with Crippen molar-refractivity contribution in [2.24, 2.45) is 0 Å². The minimum Gasteiger partial charge on any atom is -0.311 e. The number of rotatable bonds is 3. The minimum absolute atomic E-state index is 0.483. The van der Waals surface area contributed by atoms with E-state index in [1.807, 2.05) is 0 Å². The SMILES string of the molecule is CCC1CNC(C)CN1C(C)c1cccc(Br)c1. The molecule has 1 aromatic carbocycles. The van der Waals surface area contributed by atoms with Crippen molar-refractivity contribution < 1.29 is 0 Å². The van der Waals surface area contributed by atoms with Crippen LogP contribution in [0.1, 0.15) is 38.8 Å². The van der Waals surface area contributed by atoms with Gasteiger partial charge in [0.15, 0.2) is 0 Å². The zero-order chi connectivity index (χ0) is 13.1. The van der Waals surface area contributed by atoms with Gasteiger partial charge in [-0.1, -0.05) is 35.0 Å². The highest BCUT2D eigenvalue weighted by Crippen LogP contribution is 2.27. The highest BCUT2D eigenvalue weighted by Gasteiger charge is 2.28. The Kier molecular flexibility index (Phi) is 4.82. The van der Waals surface area contributed by atoms with Crippen LogP contribution in [0.4, 0.5) is 0 Å². The van der Waals surface area contributed by atoms with Gasteiger partial charge in [-0.2, -0.15) is 0 Å². The Morgan fingerprint density at radius 1 is 1.50 bits per heavy atom. The van der Waals surface area contributed by atoms with Crippen LogP contribution >= 0.6 is 15.9 Å². The molecule has 0 amide bonds. The van der Waals surface area contributed by atoms with Gasteiger partial charge in [-0.05, 0) is 38.0 Å². The van der Waals surface area contributed by atoms with Crippen molar-refractivity contribution in [1.82, 2.24) is 10.2 Å². The van der Waals surface area contributed by atoms with E-state index < -0.39 is 0 Å². The largest absolute Gasteiger partial charge is 0.311 e. The van der Waals surface area contributed by atoms with E-state index in [-0.39, 0.29) is 0 Å². The third kappa shape index (κ3) is 3.14. The number of nitrogens with one attached hydrogen (secondary N) is 1. The van der Waals surface area contributed by atoms with Gasteiger partial charge in [-0.15, -0.1) is 0 Å². The summed E-state index contributed by atoms with van der Waals surface area (Å²) in [6, 6.07) is 10.4. The fourth-order valence-electron chi connectivity index (χ4n) is 2.80. The van der Waals surface area contributed by atoms with Crippen LogP contribution in [0.25, 0.3) is 0 Å². The van der Waals surface area contributed by atoms with Crippen LogP contribution in [0.15, 0.2) is 28.7 Å². The van der Waals surface area contributed by atoms with Crippen LogP contribution in [0, 0.1) is 0 Å². The van der Waals surface area contributed by atoms with Gasteiger partial charge in [-0.25, -0.2) is 0 Å². The quantitative estimate of drug-likeness (QED) is 0.918. The molecule has 3 unspecified atom stereocenters. The van der Waals surface area contributed by atoms with Crippen LogP contribution in [0.2, 0.25) is 0 Å². The Morgan fingerprint density at radius 3 is 2.94 bits per heavy atom. The molecule has 0 bridgehead atoms.